The van der Waals surface area contributed by atoms with Crippen molar-refractivity contribution >= 4 is 23.4 Å². The van der Waals surface area contributed by atoms with E-state index in [0.717, 1.165) is 29.7 Å². The molecule has 102 valence electrons. The maximum absolute atomic E-state index is 6.29. The van der Waals surface area contributed by atoms with Gasteiger partial charge >= 0.3 is 0 Å². The van der Waals surface area contributed by atoms with Gasteiger partial charge < -0.3 is 5.32 Å². The smallest absolute Gasteiger partial charge is 0.0454 e. The van der Waals surface area contributed by atoms with E-state index in [9.17, 15) is 0 Å². The second-order valence-electron chi connectivity index (χ2n) is 4.96. The molecule has 0 radical (unpaired) electrons. The van der Waals surface area contributed by atoms with Crippen molar-refractivity contribution in [2.45, 2.75) is 33.2 Å². The van der Waals surface area contributed by atoms with Gasteiger partial charge in [-0.2, -0.15) is 11.8 Å². The lowest BCUT2D eigenvalue weighted by Gasteiger charge is -2.20. The number of rotatable bonds is 8. The minimum Gasteiger partial charge on any atom is -0.309 e. The SMILES string of the molecule is CCCNC(CSCC(C)C)c1ccccc1Cl. The number of nitrogens with one attached hydrogen (secondary N) is 1. The zero-order valence-corrected chi connectivity index (χ0v) is 13.2. The minimum absolute atomic E-state index is 0.363. The van der Waals surface area contributed by atoms with Crippen LogP contribution in [0.4, 0.5) is 0 Å². The van der Waals surface area contributed by atoms with Gasteiger partial charge in [0.2, 0.25) is 0 Å². The number of hydrogen-bond donors (Lipinski definition) is 1. The van der Waals surface area contributed by atoms with Gasteiger partial charge in [0.05, 0.1) is 0 Å². The molecular weight excluding hydrogens is 262 g/mol. The van der Waals surface area contributed by atoms with Crippen LogP contribution in [0.25, 0.3) is 0 Å². The summed E-state index contributed by atoms with van der Waals surface area (Å²) < 4.78 is 0. The van der Waals surface area contributed by atoms with Gasteiger partial charge in [-0.25, -0.2) is 0 Å². The molecule has 3 heteroatoms. The molecule has 0 aliphatic rings. The Morgan fingerprint density at radius 1 is 1.22 bits per heavy atom. The van der Waals surface area contributed by atoms with E-state index in [1.54, 1.807) is 0 Å². The van der Waals surface area contributed by atoms with Crippen LogP contribution >= 0.6 is 23.4 Å². The van der Waals surface area contributed by atoms with E-state index in [4.69, 9.17) is 11.6 Å². The Bertz CT molecular complexity index is 341. The Morgan fingerprint density at radius 3 is 2.56 bits per heavy atom. The molecule has 1 unspecified atom stereocenters. The van der Waals surface area contributed by atoms with E-state index in [2.05, 4.69) is 38.2 Å². The quantitative estimate of drug-likeness (QED) is 0.738. The normalized spacial score (nSPS) is 12.9. The highest BCUT2D eigenvalue weighted by Crippen LogP contribution is 2.26. The second-order valence-corrected chi connectivity index (χ2v) is 6.44. The molecule has 0 heterocycles. The summed E-state index contributed by atoms with van der Waals surface area (Å²) in [5.74, 6) is 3.03. The predicted molar refractivity (Wildman–Crippen MR) is 84.6 cm³/mol. The van der Waals surface area contributed by atoms with Crippen molar-refractivity contribution in [3.63, 3.8) is 0 Å². The maximum Gasteiger partial charge on any atom is 0.0454 e. The lowest BCUT2D eigenvalue weighted by molar-refractivity contribution is 0.577. The molecule has 1 aromatic carbocycles. The van der Waals surface area contributed by atoms with E-state index in [0.29, 0.717) is 6.04 Å². The summed E-state index contributed by atoms with van der Waals surface area (Å²) >= 11 is 8.29. The van der Waals surface area contributed by atoms with Crippen LogP contribution in [0.5, 0.6) is 0 Å². The summed E-state index contributed by atoms with van der Waals surface area (Å²) in [5.41, 5.74) is 1.23. The molecule has 0 spiro atoms. The molecule has 0 amide bonds. The van der Waals surface area contributed by atoms with Crippen LogP contribution in [0, 0.1) is 5.92 Å². The predicted octanol–water partition coefficient (Wildman–Crippen LogP) is 4.77. The fraction of sp³-hybridized carbons (Fsp3) is 0.600. The van der Waals surface area contributed by atoms with Crippen LogP contribution in [-0.2, 0) is 0 Å². The third-order valence-electron chi connectivity index (χ3n) is 2.66. The van der Waals surface area contributed by atoms with E-state index in [1.165, 1.54) is 11.3 Å². The van der Waals surface area contributed by atoms with E-state index in [1.807, 2.05) is 23.9 Å². The average Bonchev–Trinajstić information content (AvgIpc) is 2.34. The molecule has 1 N–H and O–H groups in total. The van der Waals surface area contributed by atoms with Crippen molar-refractivity contribution in [1.29, 1.82) is 0 Å². The molecule has 1 aromatic rings. The number of halogens is 1. The summed E-state index contributed by atoms with van der Waals surface area (Å²) in [7, 11) is 0. The van der Waals surface area contributed by atoms with Gasteiger partial charge in [0.15, 0.2) is 0 Å². The fourth-order valence-electron chi connectivity index (χ4n) is 1.76. The molecular formula is C15H24ClNS. The first-order chi connectivity index (χ1) is 8.65. The van der Waals surface area contributed by atoms with Crippen LogP contribution in [0.1, 0.15) is 38.8 Å². The molecule has 0 fully saturated rings. The van der Waals surface area contributed by atoms with Gasteiger partial charge in [-0.1, -0.05) is 50.6 Å². The third kappa shape index (κ3) is 5.64. The fourth-order valence-corrected chi connectivity index (χ4v) is 3.16. The minimum atomic E-state index is 0.363. The van der Waals surface area contributed by atoms with Crippen molar-refractivity contribution in [3.8, 4) is 0 Å². The lowest BCUT2D eigenvalue weighted by atomic mass is 10.1. The Morgan fingerprint density at radius 2 is 1.94 bits per heavy atom. The topological polar surface area (TPSA) is 12.0 Å². The first-order valence-electron chi connectivity index (χ1n) is 6.70. The van der Waals surface area contributed by atoms with Gasteiger partial charge in [0, 0.05) is 16.8 Å². The van der Waals surface area contributed by atoms with Gasteiger partial charge in [0.1, 0.15) is 0 Å². The molecule has 0 aromatic heterocycles. The average molecular weight is 286 g/mol. The molecule has 0 aliphatic carbocycles. The van der Waals surface area contributed by atoms with E-state index < -0.39 is 0 Å². The standard InChI is InChI=1S/C15H24ClNS/c1-4-9-17-15(11-18-10-12(2)3)13-7-5-6-8-14(13)16/h5-8,12,15,17H,4,9-11H2,1-3H3. The van der Waals surface area contributed by atoms with Crippen LogP contribution in [-0.4, -0.2) is 18.1 Å². The second kappa shape index (κ2) is 8.84. The molecule has 0 bridgehead atoms. The summed E-state index contributed by atoms with van der Waals surface area (Å²) in [5, 5.41) is 4.47. The van der Waals surface area contributed by atoms with E-state index in [-0.39, 0.29) is 0 Å². The highest BCUT2D eigenvalue weighted by Gasteiger charge is 2.13. The maximum atomic E-state index is 6.29. The van der Waals surface area contributed by atoms with Crippen molar-refractivity contribution < 1.29 is 0 Å². The van der Waals surface area contributed by atoms with Gasteiger partial charge in [-0.05, 0) is 36.3 Å². The van der Waals surface area contributed by atoms with Crippen molar-refractivity contribution in [1.82, 2.24) is 5.32 Å². The Kier molecular flexibility index (Phi) is 7.80. The molecule has 0 saturated heterocycles. The van der Waals surface area contributed by atoms with Crippen LogP contribution < -0.4 is 5.32 Å². The van der Waals surface area contributed by atoms with Crippen LogP contribution in [0.3, 0.4) is 0 Å². The van der Waals surface area contributed by atoms with E-state index >= 15 is 0 Å². The van der Waals surface area contributed by atoms with Gasteiger partial charge in [-0.15, -0.1) is 0 Å². The van der Waals surface area contributed by atoms with Gasteiger partial charge in [-0.3, -0.25) is 0 Å². The Balaban J connectivity index is 2.62. The van der Waals surface area contributed by atoms with Crippen LogP contribution in [0.2, 0.25) is 5.02 Å². The highest BCUT2D eigenvalue weighted by atomic mass is 35.5. The zero-order chi connectivity index (χ0) is 13.4. The summed E-state index contributed by atoms with van der Waals surface area (Å²) in [4.78, 5) is 0. The Labute approximate surface area is 121 Å². The Hall–Kier alpha value is -0.180. The summed E-state index contributed by atoms with van der Waals surface area (Å²) in [6.07, 6.45) is 1.15. The first kappa shape index (κ1) is 15.9. The first-order valence-corrected chi connectivity index (χ1v) is 8.24. The molecule has 0 aliphatic heterocycles. The summed E-state index contributed by atoms with van der Waals surface area (Å²) in [6.45, 7) is 7.75. The van der Waals surface area contributed by atoms with Crippen LogP contribution in [0.15, 0.2) is 24.3 Å². The number of benzene rings is 1. The zero-order valence-electron chi connectivity index (χ0n) is 11.6. The van der Waals surface area contributed by atoms with Crippen molar-refractivity contribution in [2.75, 3.05) is 18.1 Å². The summed E-state index contributed by atoms with van der Waals surface area (Å²) in [6, 6.07) is 8.53. The highest BCUT2D eigenvalue weighted by molar-refractivity contribution is 7.99. The monoisotopic (exact) mass is 285 g/mol. The molecule has 1 atom stereocenters. The van der Waals surface area contributed by atoms with Crippen molar-refractivity contribution in [3.05, 3.63) is 34.9 Å². The van der Waals surface area contributed by atoms with Gasteiger partial charge in [0.25, 0.3) is 0 Å². The molecule has 1 nitrogen and oxygen atoms in total. The van der Waals surface area contributed by atoms with Crippen molar-refractivity contribution in [2.24, 2.45) is 5.92 Å². The molecule has 0 saturated carbocycles. The molecule has 18 heavy (non-hydrogen) atoms. The number of hydrogen-bond acceptors (Lipinski definition) is 2. The number of thioether (sulfide) groups is 1. The third-order valence-corrected chi connectivity index (χ3v) is 4.47. The lowest BCUT2D eigenvalue weighted by Crippen LogP contribution is -2.24. The largest absolute Gasteiger partial charge is 0.309 e. The molecule has 1 rings (SSSR count).